The number of primary amides is 1. The van der Waals surface area contributed by atoms with Crippen molar-refractivity contribution in [2.24, 2.45) is 34.8 Å². The van der Waals surface area contributed by atoms with E-state index in [-0.39, 0.29) is 53.0 Å². The van der Waals surface area contributed by atoms with Crippen molar-refractivity contribution in [2.75, 3.05) is 12.3 Å². The minimum absolute atomic E-state index is 0.149. The maximum absolute atomic E-state index is 14.6. The third kappa shape index (κ3) is 10.8. The van der Waals surface area contributed by atoms with Gasteiger partial charge in [0, 0.05) is 12.6 Å². The number of carbonyl (C=O) groups excluding carboxylic acids is 5. The molecule has 3 aliphatic rings. The molecule has 0 bridgehead atoms. The van der Waals surface area contributed by atoms with E-state index in [2.05, 4.69) is 16.0 Å². The van der Waals surface area contributed by atoms with Gasteiger partial charge in [0.05, 0.1) is 17.5 Å². The molecular weight excluding hydrogens is 659 g/mol. The summed E-state index contributed by atoms with van der Waals surface area (Å²) in [6.45, 7) is 9.98. The molecule has 5 N–H and O–H groups in total. The van der Waals surface area contributed by atoms with Gasteiger partial charge in [-0.1, -0.05) is 97.1 Å². The predicted molar refractivity (Wildman–Crippen MR) is 191 cm³/mol. The molecular formula is C37H57N5O7S. The van der Waals surface area contributed by atoms with E-state index in [9.17, 15) is 32.4 Å². The van der Waals surface area contributed by atoms with Crippen LogP contribution < -0.4 is 21.7 Å². The van der Waals surface area contributed by atoms with E-state index in [0.717, 1.165) is 44.9 Å². The molecule has 3 unspecified atom stereocenters. The lowest BCUT2D eigenvalue weighted by Gasteiger charge is -2.38. The molecule has 12 nitrogen and oxygen atoms in total. The summed E-state index contributed by atoms with van der Waals surface area (Å²) in [5.74, 6) is -3.66. The van der Waals surface area contributed by atoms with E-state index in [1.165, 1.54) is 4.90 Å². The second-order valence-electron chi connectivity index (χ2n) is 16.1. The molecule has 13 heteroatoms. The average molecular weight is 716 g/mol. The Kier molecular flexibility index (Phi) is 13.1. The molecule has 5 atom stereocenters. The maximum atomic E-state index is 14.6. The van der Waals surface area contributed by atoms with Gasteiger partial charge >= 0.3 is 6.03 Å². The first-order chi connectivity index (χ1) is 23.5. The van der Waals surface area contributed by atoms with Crippen molar-refractivity contribution in [2.45, 2.75) is 122 Å². The van der Waals surface area contributed by atoms with E-state index in [1.54, 1.807) is 24.3 Å². The summed E-state index contributed by atoms with van der Waals surface area (Å²) in [6, 6.07) is 4.63. The second-order valence-corrected chi connectivity index (χ2v) is 18.2. The first-order valence-corrected chi connectivity index (χ1v) is 20.0. The summed E-state index contributed by atoms with van der Waals surface area (Å²) in [7, 11) is -3.58. The SMILES string of the molecule is CC(C)[C@@H](CS(=O)(=O)Cc1ccccc1)NC(=O)N[C@H](C(=O)N1CCC(C(C)(C)C)C1C(=O)NC(CC1CC1)C(=O)C(N)=O)C1CCCCC1. The molecule has 1 saturated heterocycles. The molecule has 0 radical (unpaired) electrons. The van der Waals surface area contributed by atoms with Gasteiger partial charge in [0.25, 0.3) is 5.91 Å². The number of nitrogens with two attached hydrogens (primary N) is 1. The van der Waals surface area contributed by atoms with E-state index >= 15 is 0 Å². The number of likely N-dealkylation sites (tertiary alicyclic amines) is 1. The lowest BCUT2D eigenvalue weighted by Crippen LogP contribution is -2.61. The molecule has 1 aromatic rings. The van der Waals surface area contributed by atoms with Crippen LogP contribution in [0.3, 0.4) is 0 Å². The fourth-order valence-corrected chi connectivity index (χ4v) is 9.39. The van der Waals surface area contributed by atoms with Crippen LogP contribution >= 0.6 is 0 Å². The summed E-state index contributed by atoms with van der Waals surface area (Å²) in [4.78, 5) is 68.5. The van der Waals surface area contributed by atoms with Crippen molar-refractivity contribution < 1.29 is 32.4 Å². The summed E-state index contributed by atoms with van der Waals surface area (Å²) in [5.41, 5.74) is 5.63. The van der Waals surface area contributed by atoms with Crippen LogP contribution in [-0.2, 0) is 34.8 Å². The zero-order valence-electron chi connectivity index (χ0n) is 30.3. The number of rotatable bonds is 15. The number of sulfone groups is 1. The van der Waals surface area contributed by atoms with Gasteiger partial charge < -0.3 is 26.6 Å². The van der Waals surface area contributed by atoms with E-state index in [0.29, 0.717) is 18.4 Å². The summed E-state index contributed by atoms with van der Waals surface area (Å²) < 4.78 is 26.3. The number of carbonyl (C=O) groups is 5. The Balaban J connectivity index is 1.55. The Morgan fingerprint density at radius 3 is 2.10 bits per heavy atom. The minimum atomic E-state index is -3.58. The Morgan fingerprint density at radius 2 is 1.54 bits per heavy atom. The summed E-state index contributed by atoms with van der Waals surface area (Å²) in [6.07, 6.45) is 6.94. The molecule has 3 fully saturated rings. The van der Waals surface area contributed by atoms with E-state index in [1.807, 2.05) is 40.7 Å². The Morgan fingerprint density at radius 1 is 0.900 bits per heavy atom. The molecule has 0 aromatic heterocycles. The van der Waals surface area contributed by atoms with Crippen LogP contribution in [0.1, 0.15) is 98.0 Å². The molecule has 1 heterocycles. The van der Waals surface area contributed by atoms with Gasteiger partial charge in [0.15, 0.2) is 9.84 Å². The Hall–Kier alpha value is -3.48. The summed E-state index contributed by atoms with van der Waals surface area (Å²) >= 11 is 0. The highest BCUT2D eigenvalue weighted by atomic mass is 32.2. The van der Waals surface area contributed by atoms with Gasteiger partial charge in [-0.25, -0.2) is 13.2 Å². The number of amides is 5. The molecule has 4 rings (SSSR count). The van der Waals surface area contributed by atoms with Crippen LogP contribution in [0.25, 0.3) is 0 Å². The van der Waals surface area contributed by atoms with Crippen molar-refractivity contribution in [1.29, 1.82) is 0 Å². The first-order valence-electron chi connectivity index (χ1n) is 18.2. The van der Waals surface area contributed by atoms with Crippen LogP contribution in [0, 0.1) is 29.1 Å². The molecule has 50 heavy (non-hydrogen) atoms. The van der Waals surface area contributed by atoms with Crippen LogP contribution in [0.2, 0.25) is 0 Å². The molecule has 2 aliphatic carbocycles. The highest BCUT2D eigenvalue weighted by Crippen LogP contribution is 2.40. The van der Waals surface area contributed by atoms with Crippen molar-refractivity contribution in [1.82, 2.24) is 20.9 Å². The van der Waals surface area contributed by atoms with Crippen molar-refractivity contribution in [3.8, 4) is 0 Å². The largest absolute Gasteiger partial charge is 0.363 e. The first kappa shape index (κ1) is 39.3. The van der Waals surface area contributed by atoms with Crippen LogP contribution in [-0.4, -0.2) is 79.3 Å². The summed E-state index contributed by atoms with van der Waals surface area (Å²) in [5, 5.41) is 8.57. The maximum Gasteiger partial charge on any atom is 0.315 e. The van der Waals surface area contributed by atoms with Gasteiger partial charge in [-0.05, 0) is 60.3 Å². The number of benzene rings is 1. The molecule has 0 spiro atoms. The molecule has 1 aliphatic heterocycles. The third-order valence-corrected chi connectivity index (χ3v) is 12.3. The van der Waals surface area contributed by atoms with Crippen molar-refractivity contribution in [3.63, 3.8) is 0 Å². The molecule has 278 valence electrons. The van der Waals surface area contributed by atoms with Crippen LogP contribution in [0.5, 0.6) is 0 Å². The van der Waals surface area contributed by atoms with Crippen LogP contribution in [0.15, 0.2) is 30.3 Å². The van der Waals surface area contributed by atoms with Crippen LogP contribution in [0.4, 0.5) is 4.79 Å². The van der Waals surface area contributed by atoms with Gasteiger partial charge in [0.1, 0.15) is 12.1 Å². The lowest BCUT2D eigenvalue weighted by molar-refractivity contribution is -0.144. The Bertz CT molecular complexity index is 1480. The van der Waals surface area contributed by atoms with Gasteiger partial charge in [0.2, 0.25) is 17.6 Å². The fraction of sp³-hybridized carbons (Fsp3) is 0.703. The zero-order chi connectivity index (χ0) is 36.8. The lowest BCUT2D eigenvalue weighted by atomic mass is 9.75. The van der Waals surface area contributed by atoms with E-state index in [4.69, 9.17) is 5.73 Å². The number of hydrogen-bond acceptors (Lipinski definition) is 7. The monoisotopic (exact) mass is 715 g/mol. The zero-order valence-corrected chi connectivity index (χ0v) is 31.1. The predicted octanol–water partition coefficient (Wildman–Crippen LogP) is 3.48. The minimum Gasteiger partial charge on any atom is -0.363 e. The second kappa shape index (κ2) is 16.7. The number of hydrogen-bond donors (Lipinski definition) is 4. The van der Waals surface area contributed by atoms with Gasteiger partial charge in [-0.3, -0.25) is 19.2 Å². The Labute approximate surface area is 297 Å². The average Bonchev–Trinajstić information content (AvgIpc) is 3.74. The standard InChI is InChI=1S/C37H57N5O7S/c1-23(2)29(22-50(48,49)21-25-12-8-6-9-13-25)40-36(47)41-30(26-14-10-7-11-15-26)35(46)42-19-18-27(37(3,4)5)31(42)34(45)39-28(20-24-16-17-24)32(43)33(38)44/h6,8-9,12-13,23-24,26-31H,7,10-11,14-22H2,1-5H3,(H2,38,44)(H,39,45)(H2,40,41,47)/t27?,28?,29-,30+,31?/m1/s1. The van der Waals surface area contributed by atoms with Crippen molar-refractivity contribution in [3.05, 3.63) is 35.9 Å². The van der Waals surface area contributed by atoms with Gasteiger partial charge in [-0.15, -0.1) is 0 Å². The quantitative estimate of drug-likeness (QED) is 0.200. The topological polar surface area (TPSA) is 185 Å². The number of ketones is 1. The molecule has 2 saturated carbocycles. The number of urea groups is 1. The highest BCUT2D eigenvalue weighted by Gasteiger charge is 2.50. The number of nitrogens with one attached hydrogen (secondary N) is 3. The third-order valence-electron chi connectivity index (χ3n) is 10.7. The van der Waals surface area contributed by atoms with Crippen molar-refractivity contribution >= 4 is 39.4 Å². The molecule has 1 aromatic carbocycles. The van der Waals surface area contributed by atoms with Gasteiger partial charge in [-0.2, -0.15) is 0 Å². The number of Topliss-reactive ketones (excluding diaryl/α,β-unsaturated/α-hetero) is 1. The molecule has 5 amide bonds. The van der Waals surface area contributed by atoms with E-state index < -0.39 is 57.6 Å². The number of nitrogens with zero attached hydrogens (tertiary/aromatic N) is 1. The smallest absolute Gasteiger partial charge is 0.315 e. The fourth-order valence-electron chi connectivity index (χ4n) is 7.56. The highest BCUT2D eigenvalue weighted by molar-refractivity contribution is 7.90. The normalized spacial score (nSPS) is 22.0.